The van der Waals surface area contributed by atoms with Gasteiger partial charge in [-0.25, -0.2) is 15.1 Å². The Morgan fingerprint density at radius 3 is 2.71 bits per heavy atom. The lowest BCUT2D eigenvalue weighted by molar-refractivity contribution is 0.826. The Morgan fingerprint density at radius 2 is 1.96 bits per heavy atom. The molecule has 6 heteroatoms. The van der Waals surface area contributed by atoms with Crippen molar-refractivity contribution < 1.29 is 0 Å². The number of hydrogen-bond acceptors (Lipinski definition) is 5. The first-order valence-electron chi connectivity index (χ1n) is 8.18. The van der Waals surface area contributed by atoms with Crippen LogP contribution in [-0.2, 0) is 19.4 Å². The van der Waals surface area contributed by atoms with Crippen molar-refractivity contribution in [1.29, 1.82) is 0 Å². The van der Waals surface area contributed by atoms with E-state index in [9.17, 15) is 4.79 Å². The molecule has 3 aromatic rings. The molecule has 124 valence electrons. The van der Waals surface area contributed by atoms with Crippen molar-refractivity contribution in [3.8, 4) is 0 Å². The van der Waals surface area contributed by atoms with Gasteiger partial charge in [0.25, 0.3) is 5.56 Å². The molecule has 0 spiro atoms. The summed E-state index contributed by atoms with van der Waals surface area (Å²) < 4.78 is 0. The van der Waals surface area contributed by atoms with E-state index < -0.39 is 0 Å². The van der Waals surface area contributed by atoms with Gasteiger partial charge in [0.2, 0.25) is 0 Å². The minimum atomic E-state index is -0.147. The second-order valence-electron chi connectivity index (χ2n) is 5.76. The summed E-state index contributed by atoms with van der Waals surface area (Å²) in [6.45, 7) is 6.53. The van der Waals surface area contributed by atoms with Gasteiger partial charge < -0.3 is 5.32 Å². The number of aromatic amines is 1. The molecule has 2 heterocycles. The number of H-pyrrole nitrogens is 1. The van der Waals surface area contributed by atoms with Crippen molar-refractivity contribution in [2.24, 2.45) is 0 Å². The summed E-state index contributed by atoms with van der Waals surface area (Å²) in [7, 11) is 0. The van der Waals surface area contributed by atoms with Gasteiger partial charge in [-0.05, 0) is 37.5 Å². The molecule has 0 unspecified atom stereocenters. The Kier molecular flexibility index (Phi) is 4.55. The first kappa shape index (κ1) is 16.1. The Bertz CT molecular complexity index is 932. The monoisotopic (exact) mass is 323 g/mol. The van der Waals surface area contributed by atoms with Crippen LogP contribution in [0, 0.1) is 6.92 Å². The Labute approximate surface area is 140 Å². The summed E-state index contributed by atoms with van der Waals surface area (Å²) in [6, 6.07) is 6.05. The van der Waals surface area contributed by atoms with Gasteiger partial charge in [-0.15, -0.1) is 0 Å². The third-order valence-corrected chi connectivity index (χ3v) is 4.19. The van der Waals surface area contributed by atoms with Crippen LogP contribution >= 0.6 is 0 Å². The third kappa shape index (κ3) is 2.99. The fraction of sp³-hybridized carbons (Fsp3) is 0.333. The standard InChI is InChI=1S/C18H21N5O/c1-4-12-14(18(24)23-22-15(12)5-2)9-19-17-13-8-11(3)6-7-16(13)20-10-21-17/h6-8,10H,4-5,9H2,1-3H3,(H,23,24)(H,19,20,21). The normalized spacial score (nSPS) is 11.0. The average Bonchev–Trinajstić information content (AvgIpc) is 2.60. The van der Waals surface area contributed by atoms with E-state index in [1.54, 1.807) is 0 Å². The maximum absolute atomic E-state index is 12.2. The number of aromatic nitrogens is 4. The van der Waals surface area contributed by atoms with E-state index in [1.165, 1.54) is 6.33 Å². The van der Waals surface area contributed by atoms with Gasteiger partial charge in [0.05, 0.1) is 11.2 Å². The maximum atomic E-state index is 12.2. The molecule has 0 aliphatic carbocycles. The highest BCUT2D eigenvalue weighted by molar-refractivity contribution is 5.89. The molecular formula is C18H21N5O. The fourth-order valence-electron chi connectivity index (χ4n) is 2.94. The molecule has 0 aliphatic heterocycles. The summed E-state index contributed by atoms with van der Waals surface area (Å²) in [4.78, 5) is 20.8. The van der Waals surface area contributed by atoms with Crippen molar-refractivity contribution >= 4 is 16.7 Å². The number of aryl methyl sites for hydroxylation is 2. The Balaban J connectivity index is 1.98. The molecule has 0 amide bonds. The van der Waals surface area contributed by atoms with Crippen molar-refractivity contribution in [3.05, 3.63) is 57.3 Å². The molecule has 2 aromatic heterocycles. The number of nitrogens with one attached hydrogen (secondary N) is 2. The minimum absolute atomic E-state index is 0.147. The second kappa shape index (κ2) is 6.78. The van der Waals surface area contributed by atoms with E-state index in [-0.39, 0.29) is 5.56 Å². The highest BCUT2D eigenvalue weighted by Gasteiger charge is 2.12. The highest BCUT2D eigenvalue weighted by Crippen LogP contribution is 2.21. The molecule has 0 aliphatic rings. The average molecular weight is 323 g/mol. The molecule has 6 nitrogen and oxygen atoms in total. The predicted molar refractivity (Wildman–Crippen MR) is 95.2 cm³/mol. The van der Waals surface area contributed by atoms with Crippen LogP contribution in [0.3, 0.4) is 0 Å². The van der Waals surface area contributed by atoms with E-state index in [0.717, 1.165) is 51.9 Å². The molecule has 0 fully saturated rings. The van der Waals surface area contributed by atoms with Crippen LogP contribution in [0.2, 0.25) is 0 Å². The lowest BCUT2D eigenvalue weighted by Crippen LogP contribution is -2.22. The topological polar surface area (TPSA) is 83.6 Å². The lowest BCUT2D eigenvalue weighted by atomic mass is 10.0. The SMILES string of the molecule is CCc1n[nH]c(=O)c(CNc2ncnc3ccc(C)cc23)c1CC. The number of benzene rings is 1. The quantitative estimate of drug-likeness (QED) is 0.754. The minimum Gasteiger partial charge on any atom is -0.365 e. The summed E-state index contributed by atoms with van der Waals surface area (Å²) in [5.41, 5.74) is 4.56. The van der Waals surface area contributed by atoms with E-state index >= 15 is 0 Å². The summed E-state index contributed by atoms with van der Waals surface area (Å²) >= 11 is 0. The van der Waals surface area contributed by atoms with Gasteiger partial charge in [-0.2, -0.15) is 5.10 Å². The van der Waals surface area contributed by atoms with Gasteiger partial charge in [0.15, 0.2) is 0 Å². The zero-order valence-corrected chi connectivity index (χ0v) is 14.2. The first-order valence-corrected chi connectivity index (χ1v) is 8.18. The van der Waals surface area contributed by atoms with Crippen molar-refractivity contribution in [3.63, 3.8) is 0 Å². The maximum Gasteiger partial charge on any atom is 0.269 e. The van der Waals surface area contributed by atoms with Crippen molar-refractivity contribution in [2.45, 2.75) is 40.2 Å². The summed E-state index contributed by atoms with van der Waals surface area (Å²) in [5, 5.41) is 11.0. The summed E-state index contributed by atoms with van der Waals surface area (Å²) in [6.07, 6.45) is 3.11. The highest BCUT2D eigenvalue weighted by atomic mass is 16.1. The Morgan fingerprint density at radius 1 is 1.12 bits per heavy atom. The largest absolute Gasteiger partial charge is 0.365 e. The van der Waals surface area contributed by atoms with Crippen LogP contribution in [0.25, 0.3) is 10.9 Å². The molecule has 1 aromatic carbocycles. The molecule has 2 N–H and O–H groups in total. The molecule has 0 radical (unpaired) electrons. The lowest BCUT2D eigenvalue weighted by Gasteiger charge is -2.12. The van der Waals surface area contributed by atoms with E-state index in [0.29, 0.717) is 6.54 Å². The number of fused-ring (bicyclic) bond motifs is 1. The van der Waals surface area contributed by atoms with Crippen LogP contribution in [0.1, 0.15) is 36.2 Å². The third-order valence-electron chi connectivity index (χ3n) is 4.19. The first-order chi connectivity index (χ1) is 11.6. The molecule has 24 heavy (non-hydrogen) atoms. The second-order valence-corrected chi connectivity index (χ2v) is 5.76. The zero-order valence-electron chi connectivity index (χ0n) is 14.2. The van der Waals surface area contributed by atoms with Crippen molar-refractivity contribution in [1.82, 2.24) is 20.2 Å². The van der Waals surface area contributed by atoms with Crippen LogP contribution in [0.15, 0.2) is 29.3 Å². The van der Waals surface area contributed by atoms with Crippen LogP contribution in [0.5, 0.6) is 0 Å². The predicted octanol–water partition coefficient (Wildman–Crippen LogP) is 2.76. The number of nitrogens with zero attached hydrogens (tertiary/aromatic N) is 3. The van der Waals surface area contributed by atoms with Crippen LogP contribution < -0.4 is 10.9 Å². The van der Waals surface area contributed by atoms with Gasteiger partial charge in [0.1, 0.15) is 12.1 Å². The molecule has 3 rings (SSSR count). The van der Waals surface area contributed by atoms with Gasteiger partial charge in [0, 0.05) is 17.5 Å². The summed E-state index contributed by atoms with van der Waals surface area (Å²) in [5.74, 6) is 0.736. The van der Waals surface area contributed by atoms with E-state index in [2.05, 4.69) is 25.5 Å². The molecule has 0 saturated heterocycles. The molecule has 0 saturated carbocycles. The van der Waals surface area contributed by atoms with Crippen molar-refractivity contribution in [2.75, 3.05) is 5.32 Å². The molecule has 0 atom stereocenters. The number of rotatable bonds is 5. The van der Waals surface area contributed by atoms with Gasteiger partial charge in [-0.1, -0.05) is 25.5 Å². The smallest absolute Gasteiger partial charge is 0.269 e. The molecule has 0 bridgehead atoms. The fourth-order valence-corrected chi connectivity index (χ4v) is 2.94. The van der Waals surface area contributed by atoms with Gasteiger partial charge >= 0.3 is 0 Å². The Hall–Kier alpha value is -2.76. The van der Waals surface area contributed by atoms with E-state index in [1.807, 2.05) is 39.0 Å². The van der Waals surface area contributed by atoms with Gasteiger partial charge in [-0.3, -0.25) is 4.79 Å². The number of hydrogen-bond donors (Lipinski definition) is 2. The number of anilines is 1. The van der Waals surface area contributed by atoms with Crippen LogP contribution in [0.4, 0.5) is 5.82 Å². The zero-order chi connectivity index (χ0) is 17.1. The van der Waals surface area contributed by atoms with E-state index in [4.69, 9.17) is 0 Å². The molecular weight excluding hydrogens is 302 g/mol. The van der Waals surface area contributed by atoms with Crippen LogP contribution in [-0.4, -0.2) is 20.2 Å².